The van der Waals surface area contributed by atoms with Crippen LogP contribution in [0.15, 0.2) is 114 Å². The second-order valence-electron chi connectivity index (χ2n) is 8.83. The number of anilines is 1. The van der Waals surface area contributed by atoms with Crippen molar-refractivity contribution in [3.05, 3.63) is 131 Å². The fraction of sp³-hybridized carbons (Fsp3) is 0.103. The molecular formula is C29H23F3N3O2P. The van der Waals surface area contributed by atoms with Gasteiger partial charge in [-0.2, -0.15) is 13.2 Å². The van der Waals surface area contributed by atoms with E-state index in [0.717, 1.165) is 12.1 Å². The van der Waals surface area contributed by atoms with Gasteiger partial charge in [0.1, 0.15) is 13.0 Å². The van der Waals surface area contributed by atoms with Crippen molar-refractivity contribution in [3.8, 4) is 0 Å². The molecule has 0 N–H and O–H groups in total. The maximum atomic E-state index is 14.8. The second-order valence-corrected chi connectivity index (χ2v) is 11.7. The van der Waals surface area contributed by atoms with Crippen LogP contribution in [0.1, 0.15) is 11.3 Å². The normalized spacial score (nSPS) is 12.0. The Balaban J connectivity index is 1.77. The monoisotopic (exact) mass is 533 g/mol. The highest BCUT2D eigenvalue weighted by atomic mass is 31.2. The summed E-state index contributed by atoms with van der Waals surface area (Å²) in [6.07, 6.45) is -3.09. The Morgan fingerprint density at radius 2 is 1.45 bits per heavy atom. The molecule has 2 heterocycles. The number of rotatable bonds is 6. The van der Waals surface area contributed by atoms with E-state index in [4.69, 9.17) is 0 Å². The third-order valence-electron chi connectivity index (χ3n) is 6.41. The Morgan fingerprint density at radius 3 is 2.00 bits per heavy atom. The van der Waals surface area contributed by atoms with Gasteiger partial charge in [-0.3, -0.25) is 9.80 Å². The Hall–Kier alpha value is -4.16. The van der Waals surface area contributed by atoms with E-state index in [0.29, 0.717) is 27.5 Å². The van der Waals surface area contributed by atoms with Gasteiger partial charge in [0, 0.05) is 29.2 Å². The van der Waals surface area contributed by atoms with Crippen LogP contribution in [-0.2, 0) is 16.9 Å². The summed E-state index contributed by atoms with van der Waals surface area (Å²) < 4.78 is 56.5. The van der Waals surface area contributed by atoms with Crippen molar-refractivity contribution in [1.29, 1.82) is 0 Å². The van der Waals surface area contributed by atoms with Crippen LogP contribution in [-0.4, -0.2) is 16.7 Å². The maximum Gasteiger partial charge on any atom is 0.416 e. The number of alkyl halides is 3. The Morgan fingerprint density at radius 1 is 0.842 bits per heavy atom. The predicted molar refractivity (Wildman–Crippen MR) is 145 cm³/mol. The van der Waals surface area contributed by atoms with Crippen LogP contribution in [0.2, 0.25) is 0 Å². The van der Waals surface area contributed by atoms with E-state index in [-0.39, 0.29) is 11.5 Å². The van der Waals surface area contributed by atoms with Crippen LogP contribution >= 0.6 is 7.14 Å². The minimum atomic E-state index is -4.60. The minimum Gasteiger partial charge on any atom is -0.313 e. The molecule has 0 saturated heterocycles. The van der Waals surface area contributed by atoms with E-state index in [1.54, 1.807) is 86.0 Å². The molecule has 38 heavy (non-hydrogen) atoms. The second kappa shape index (κ2) is 9.95. The molecule has 5 aromatic rings. The average molecular weight is 533 g/mol. The molecule has 0 aliphatic carbocycles. The molecule has 0 amide bonds. The number of pyridine rings is 2. The van der Waals surface area contributed by atoms with Crippen LogP contribution in [0, 0.1) is 0 Å². The lowest BCUT2D eigenvalue weighted by molar-refractivity contribution is -0.137. The maximum absolute atomic E-state index is 14.8. The number of halogens is 3. The summed E-state index contributed by atoms with van der Waals surface area (Å²) in [4.78, 5) is 18.1. The van der Waals surface area contributed by atoms with Gasteiger partial charge in [-0.05, 0) is 35.7 Å². The van der Waals surface area contributed by atoms with Gasteiger partial charge in [-0.15, -0.1) is 0 Å². The van der Waals surface area contributed by atoms with E-state index in [9.17, 15) is 22.5 Å². The number of hydrogen-bond acceptors (Lipinski definition) is 4. The summed E-state index contributed by atoms with van der Waals surface area (Å²) >= 11 is 0. The standard InChI is InChI=1S/C29H23F3N3O2P/c1-34(27-14-8-9-17-33-27)35-23(18-21-15-16-22(29(30,31)32)19-26(21)28(35)36)20-38(37,24-10-4-2-5-11-24)25-12-6-3-7-13-25/h2-19H,20H2,1H3. The van der Waals surface area contributed by atoms with Crippen molar-refractivity contribution in [2.75, 3.05) is 12.1 Å². The number of aromatic nitrogens is 2. The number of nitrogens with zero attached hydrogens (tertiary/aromatic N) is 3. The predicted octanol–water partition coefficient (Wildman–Crippen LogP) is 5.83. The summed E-state index contributed by atoms with van der Waals surface area (Å²) in [5.41, 5.74) is -1.20. The SMILES string of the molecule is CN(c1ccccn1)n1c(CP(=O)(c2ccccc2)c2ccccc2)cc2ccc(C(F)(F)F)cc2c1=O. The zero-order chi connectivity index (χ0) is 26.9. The lowest BCUT2D eigenvalue weighted by Crippen LogP contribution is -2.39. The largest absolute Gasteiger partial charge is 0.416 e. The Bertz CT molecular complexity index is 1650. The van der Waals surface area contributed by atoms with Crippen LogP contribution < -0.4 is 21.2 Å². The van der Waals surface area contributed by atoms with Crippen molar-refractivity contribution in [2.45, 2.75) is 12.3 Å². The van der Waals surface area contributed by atoms with Crippen molar-refractivity contribution < 1.29 is 17.7 Å². The Labute approximate surface area is 217 Å². The number of hydrogen-bond donors (Lipinski definition) is 0. The Kier molecular flexibility index (Phi) is 6.67. The zero-order valence-corrected chi connectivity index (χ0v) is 21.2. The van der Waals surface area contributed by atoms with Gasteiger partial charge < -0.3 is 4.57 Å². The van der Waals surface area contributed by atoms with E-state index in [2.05, 4.69) is 4.98 Å². The fourth-order valence-corrected chi connectivity index (χ4v) is 7.17. The number of fused-ring (bicyclic) bond motifs is 1. The fourth-order valence-electron chi connectivity index (χ4n) is 4.52. The molecule has 0 aliphatic rings. The first kappa shape index (κ1) is 25.5. The quantitative estimate of drug-likeness (QED) is 0.258. The third kappa shape index (κ3) is 4.75. The topological polar surface area (TPSA) is 55.2 Å². The lowest BCUT2D eigenvalue weighted by atomic mass is 10.1. The van der Waals surface area contributed by atoms with Crippen LogP contribution in [0.4, 0.5) is 19.0 Å². The highest BCUT2D eigenvalue weighted by molar-refractivity contribution is 7.78. The summed E-state index contributed by atoms with van der Waals surface area (Å²) in [5, 5.41) is 2.92. The molecule has 0 radical (unpaired) electrons. The van der Waals surface area contributed by atoms with E-state index in [1.807, 2.05) is 12.1 Å². The van der Waals surface area contributed by atoms with Gasteiger partial charge in [0.25, 0.3) is 5.56 Å². The van der Waals surface area contributed by atoms with Crippen LogP contribution in [0.5, 0.6) is 0 Å². The molecule has 0 bridgehead atoms. The molecule has 5 nitrogen and oxygen atoms in total. The van der Waals surface area contributed by atoms with E-state index >= 15 is 0 Å². The van der Waals surface area contributed by atoms with E-state index in [1.165, 1.54) is 15.8 Å². The molecule has 192 valence electrons. The third-order valence-corrected chi connectivity index (χ3v) is 9.44. The average Bonchev–Trinajstić information content (AvgIpc) is 2.93. The molecule has 2 aromatic heterocycles. The number of benzene rings is 3. The van der Waals surface area contributed by atoms with Gasteiger partial charge in [0.2, 0.25) is 0 Å². The van der Waals surface area contributed by atoms with Crippen molar-refractivity contribution in [3.63, 3.8) is 0 Å². The van der Waals surface area contributed by atoms with Crippen molar-refractivity contribution in [2.24, 2.45) is 0 Å². The highest BCUT2D eigenvalue weighted by Crippen LogP contribution is 2.47. The molecule has 9 heteroatoms. The van der Waals surface area contributed by atoms with Gasteiger partial charge in [0.15, 0.2) is 0 Å². The smallest absolute Gasteiger partial charge is 0.313 e. The summed E-state index contributed by atoms with van der Waals surface area (Å²) in [5.74, 6) is 0.399. The van der Waals surface area contributed by atoms with Crippen LogP contribution in [0.3, 0.4) is 0 Å². The van der Waals surface area contributed by atoms with Gasteiger partial charge in [0.05, 0.1) is 17.4 Å². The molecular weight excluding hydrogens is 510 g/mol. The first-order valence-corrected chi connectivity index (χ1v) is 13.7. The van der Waals surface area contributed by atoms with E-state index < -0.39 is 24.4 Å². The zero-order valence-electron chi connectivity index (χ0n) is 20.3. The summed E-state index contributed by atoms with van der Waals surface area (Å²) in [6, 6.07) is 27.9. The summed E-state index contributed by atoms with van der Waals surface area (Å²) in [7, 11) is -1.73. The first-order chi connectivity index (χ1) is 18.2. The first-order valence-electron chi connectivity index (χ1n) is 11.8. The molecule has 0 atom stereocenters. The van der Waals surface area contributed by atoms with Gasteiger partial charge in [-0.1, -0.05) is 72.8 Å². The molecule has 0 saturated carbocycles. The molecule has 0 spiro atoms. The van der Waals surface area contributed by atoms with Gasteiger partial charge in [-0.25, -0.2) is 9.66 Å². The molecule has 0 unspecified atom stereocenters. The lowest BCUT2D eigenvalue weighted by Gasteiger charge is -2.27. The molecule has 0 fully saturated rings. The molecule has 0 aliphatic heterocycles. The van der Waals surface area contributed by atoms with Crippen molar-refractivity contribution >= 4 is 34.3 Å². The summed E-state index contributed by atoms with van der Waals surface area (Å²) in [6.45, 7) is 0. The van der Waals surface area contributed by atoms with Gasteiger partial charge >= 0.3 is 6.18 Å². The molecule has 5 rings (SSSR count). The van der Waals surface area contributed by atoms with Crippen LogP contribution in [0.25, 0.3) is 10.8 Å². The van der Waals surface area contributed by atoms with Crippen molar-refractivity contribution in [1.82, 2.24) is 9.66 Å². The molecule has 3 aromatic carbocycles. The highest BCUT2D eigenvalue weighted by Gasteiger charge is 2.33. The minimum absolute atomic E-state index is 0.0373.